The molecule has 0 saturated heterocycles. The summed E-state index contributed by atoms with van der Waals surface area (Å²) in [6.45, 7) is 1.89. The monoisotopic (exact) mass is 429 g/mol. The number of para-hydroxylation sites is 2. The average molecular weight is 430 g/mol. The molecule has 1 aromatic heterocycles. The van der Waals surface area contributed by atoms with Crippen molar-refractivity contribution in [2.75, 3.05) is 27.1 Å². The van der Waals surface area contributed by atoms with Gasteiger partial charge in [-0.1, -0.05) is 23.9 Å². The number of methoxy groups -OCH3 is 3. The fraction of sp³-hybridized carbons (Fsp3) is 0.300. The van der Waals surface area contributed by atoms with E-state index in [2.05, 4.69) is 20.8 Å². The van der Waals surface area contributed by atoms with Crippen LogP contribution in [0.25, 0.3) is 5.69 Å². The number of hydrogen-bond acceptors (Lipinski definition) is 8. The summed E-state index contributed by atoms with van der Waals surface area (Å²) in [6.07, 6.45) is 0. The molecule has 1 heterocycles. The smallest absolute Gasteiger partial charge is 0.230 e. The Hall–Kier alpha value is -3.27. The van der Waals surface area contributed by atoms with Gasteiger partial charge in [0.1, 0.15) is 22.9 Å². The van der Waals surface area contributed by atoms with E-state index in [9.17, 15) is 4.79 Å². The van der Waals surface area contributed by atoms with Crippen LogP contribution < -0.4 is 19.5 Å². The predicted octanol–water partition coefficient (Wildman–Crippen LogP) is 2.66. The zero-order chi connectivity index (χ0) is 21.5. The van der Waals surface area contributed by atoms with Crippen LogP contribution in [-0.2, 0) is 4.79 Å². The number of aromatic nitrogens is 4. The van der Waals surface area contributed by atoms with Crippen molar-refractivity contribution in [2.45, 2.75) is 18.1 Å². The fourth-order valence-electron chi connectivity index (χ4n) is 2.89. The molecule has 158 valence electrons. The van der Waals surface area contributed by atoms with E-state index in [1.54, 1.807) is 26.0 Å². The number of amides is 1. The Balaban J connectivity index is 1.67. The van der Waals surface area contributed by atoms with Crippen molar-refractivity contribution in [3.8, 4) is 22.9 Å². The summed E-state index contributed by atoms with van der Waals surface area (Å²) in [5.74, 6) is 1.99. The molecule has 1 amide bonds. The lowest BCUT2D eigenvalue weighted by Crippen LogP contribution is -2.28. The summed E-state index contributed by atoms with van der Waals surface area (Å²) < 4.78 is 17.6. The van der Waals surface area contributed by atoms with Crippen LogP contribution in [0.4, 0.5) is 0 Å². The van der Waals surface area contributed by atoms with Crippen molar-refractivity contribution in [2.24, 2.45) is 0 Å². The van der Waals surface area contributed by atoms with Crippen LogP contribution in [-0.4, -0.2) is 53.2 Å². The maximum atomic E-state index is 12.5. The van der Waals surface area contributed by atoms with Gasteiger partial charge in [0.05, 0.1) is 33.1 Å². The standard InChI is InChI=1S/C20H23N5O4S/c1-13(15-11-14(27-2)9-10-17(15)28-3)21-19(26)12-30-20-22-23-24-25(20)16-7-5-6-8-18(16)29-4/h5-11,13H,12H2,1-4H3,(H,21,26). The number of carbonyl (C=O) groups excluding carboxylic acids is 1. The second-order valence-electron chi connectivity index (χ2n) is 6.23. The third-order valence-electron chi connectivity index (χ3n) is 4.37. The SMILES string of the molecule is COc1ccc(OC)c(C(C)NC(=O)CSc2nnnn2-c2ccccc2OC)c1. The van der Waals surface area contributed by atoms with Crippen LogP contribution in [0.15, 0.2) is 47.6 Å². The van der Waals surface area contributed by atoms with Crippen molar-refractivity contribution in [1.82, 2.24) is 25.5 Å². The highest BCUT2D eigenvalue weighted by molar-refractivity contribution is 7.99. The maximum absolute atomic E-state index is 12.5. The Bertz CT molecular complexity index is 1010. The molecule has 3 aromatic rings. The Morgan fingerprint density at radius 2 is 1.87 bits per heavy atom. The lowest BCUT2D eigenvalue weighted by atomic mass is 10.1. The Morgan fingerprint density at radius 1 is 1.10 bits per heavy atom. The third kappa shape index (κ3) is 4.82. The van der Waals surface area contributed by atoms with Crippen molar-refractivity contribution in [3.63, 3.8) is 0 Å². The number of ether oxygens (including phenoxy) is 3. The normalized spacial score (nSPS) is 11.6. The molecule has 1 atom stereocenters. The van der Waals surface area contributed by atoms with Gasteiger partial charge >= 0.3 is 0 Å². The van der Waals surface area contributed by atoms with Crippen LogP contribution in [0.3, 0.4) is 0 Å². The topological polar surface area (TPSA) is 100 Å². The van der Waals surface area contributed by atoms with Gasteiger partial charge in [0.2, 0.25) is 11.1 Å². The molecule has 0 spiro atoms. The Labute approximate surface area is 178 Å². The van der Waals surface area contributed by atoms with Gasteiger partial charge in [-0.15, -0.1) is 5.10 Å². The van der Waals surface area contributed by atoms with Gasteiger partial charge < -0.3 is 19.5 Å². The number of benzene rings is 2. The van der Waals surface area contributed by atoms with E-state index >= 15 is 0 Å². The van der Waals surface area contributed by atoms with Gasteiger partial charge in [-0.2, -0.15) is 4.68 Å². The summed E-state index contributed by atoms with van der Waals surface area (Å²) in [7, 11) is 4.77. The molecule has 10 heteroatoms. The van der Waals surface area contributed by atoms with Crippen molar-refractivity contribution >= 4 is 17.7 Å². The minimum atomic E-state index is -0.270. The molecule has 0 aliphatic rings. The largest absolute Gasteiger partial charge is 0.497 e. The fourth-order valence-corrected chi connectivity index (χ4v) is 3.59. The van der Waals surface area contributed by atoms with Gasteiger partial charge in [-0.05, 0) is 47.7 Å². The first-order valence-corrected chi connectivity index (χ1v) is 10.1. The van der Waals surface area contributed by atoms with E-state index in [1.807, 2.05) is 49.4 Å². The Morgan fingerprint density at radius 3 is 2.60 bits per heavy atom. The minimum Gasteiger partial charge on any atom is -0.497 e. The number of tetrazole rings is 1. The van der Waals surface area contributed by atoms with Crippen LogP contribution in [0.5, 0.6) is 17.2 Å². The zero-order valence-corrected chi connectivity index (χ0v) is 18.0. The van der Waals surface area contributed by atoms with E-state index in [1.165, 1.54) is 11.8 Å². The minimum absolute atomic E-state index is 0.145. The molecule has 3 rings (SSSR count). The number of carbonyl (C=O) groups is 1. The average Bonchev–Trinajstić information content (AvgIpc) is 3.25. The second kappa shape index (κ2) is 9.97. The summed E-state index contributed by atoms with van der Waals surface area (Å²) >= 11 is 1.23. The molecular weight excluding hydrogens is 406 g/mol. The van der Waals surface area contributed by atoms with E-state index < -0.39 is 0 Å². The van der Waals surface area contributed by atoms with Crippen molar-refractivity contribution in [3.05, 3.63) is 48.0 Å². The van der Waals surface area contributed by atoms with Crippen molar-refractivity contribution < 1.29 is 19.0 Å². The third-order valence-corrected chi connectivity index (χ3v) is 5.29. The van der Waals surface area contributed by atoms with Crippen LogP contribution in [0.2, 0.25) is 0 Å². The number of nitrogens with one attached hydrogen (secondary N) is 1. The summed E-state index contributed by atoms with van der Waals surface area (Å²) in [4.78, 5) is 12.5. The van der Waals surface area contributed by atoms with E-state index in [0.29, 0.717) is 28.1 Å². The molecule has 2 aromatic carbocycles. The second-order valence-corrected chi connectivity index (χ2v) is 7.17. The van der Waals surface area contributed by atoms with Gasteiger partial charge in [0, 0.05) is 5.56 Å². The van der Waals surface area contributed by atoms with E-state index in [-0.39, 0.29) is 17.7 Å². The molecule has 0 aliphatic heterocycles. The first-order chi connectivity index (χ1) is 14.6. The highest BCUT2D eigenvalue weighted by atomic mass is 32.2. The molecule has 9 nitrogen and oxygen atoms in total. The number of thioether (sulfide) groups is 1. The highest BCUT2D eigenvalue weighted by Crippen LogP contribution is 2.29. The first kappa shape index (κ1) is 21.4. The van der Waals surface area contributed by atoms with Gasteiger partial charge in [-0.3, -0.25) is 4.79 Å². The molecule has 0 bridgehead atoms. The molecular formula is C20H23N5O4S. The number of hydrogen-bond donors (Lipinski definition) is 1. The van der Waals surface area contributed by atoms with E-state index in [4.69, 9.17) is 14.2 Å². The first-order valence-electron chi connectivity index (χ1n) is 9.13. The zero-order valence-electron chi connectivity index (χ0n) is 17.2. The summed E-state index contributed by atoms with van der Waals surface area (Å²) in [5, 5.41) is 15.2. The van der Waals surface area contributed by atoms with Gasteiger partial charge in [-0.25, -0.2) is 0 Å². The lowest BCUT2D eigenvalue weighted by Gasteiger charge is -2.18. The predicted molar refractivity (Wildman–Crippen MR) is 113 cm³/mol. The summed E-state index contributed by atoms with van der Waals surface area (Å²) in [5.41, 5.74) is 1.52. The maximum Gasteiger partial charge on any atom is 0.230 e. The van der Waals surface area contributed by atoms with Crippen molar-refractivity contribution in [1.29, 1.82) is 0 Å². The highest BCUT2D eigenvalue weighted by Gasteiger charge is 2.18. The summed E-state index contributed by atoms with van der Waals surface area (Å²) in [6, 6.07) is 12.6. The van der Waals surface area contributed by atoms with Crippen LogP contribution >= 0.6 is 11.8 Å². The molecule has 0 saturated carbocycles. The van der Waals surface area contributed by atoms with Gasteiger partial charge in [0.25, 0.3) is 0 Å². The van der Waals surface area contributed by atoms with Gasteiger partial charge in [0.15, 0.2) is 0 Å². The Kier molecular flexibility index (Phi) is 7.12. The lowest BCUT2D eigenvalue weighted by molar-refractivity contribution is -0.119. The van der Waals surface area contributed by atoms with Crippen LogP contribution in [0.1, 0.15) is 18.5 Å². The number of rotatable bonds is 9. The molecule has 30 heavy (non-hydrogen) atoms. The van der Waals surface area contributed by atoms with E-state index in [0.717, 1.165) is 5.56 Å². The quantitative estimate of drug-likeness (QED) is 0.518. The molecule has 0 fully saturated rings. The van der Waals surface area contributed by atoms with Crippen LogP contribution in [0, 0.1) is 0 Å². The molecule has 0 aliphatic carbocycles. The molecule has 1 N–H and O–H groups in total. The molecule has 1 unspecified atom stereocenters. The molecule has 0 radical (unpaired) electrons. The number of nitrogens with zero attached hydrogens (tertiary/aromatic N) is 4.